The fourth-order valence-corrected chi connectivity index (χ4v) is 6.71. The van der Waals surface area contributed by atoms with E-state index in [9.17, 15) is 9.90 Å². The number of hydrogen-bond acceptors (Lipinski definition) is 2. The first-order chi connectivity index (χ1) is 10.4. The van der Waals surface area contributed by atoms with Crippen LogP contribution in [-0.4, -0.2) is 35.1 Å². The third kappa shape index (κ3) is 1.69. The van der Waals surface area contributed by atoms with Crippen LogP contribution in [0.3, 0.4) is 0 Å². The molecule has 0 spiro atoms. The molecular formula is C19H29NO2. The van der Waals surface area contributed by atoms with Gasteiger partial charge in [-0.1, -0.05) is 19.9 Å². The fourth-order valence-electron chi connectivity index (χ4n) is 6.71. The average Bonchev–Trinajstić information content (AvgIpc) is 2.79. The number of aliphatic hydroxyl groups excluding tert-OH is 1. The summed E-state index contributed by atoms with van der Waals surface area (Å²) in [5.74, 6) is 2.23. The summed E-state index contributed by atoms with van der Waals surface area (Å²) < 4.78 is 0. The third-order valence-corrected chi connectivity index (χ3v) is 8.08. The van der Waals surface area contributed by atoms with Crippen LogP contribution in [0.15, 0.2) is 12.2 Å². The smallest absolute Gasteiger partial charge is 0.246 e. The summed E-state index contributed by atoms with van der Waals surface area (Å²) in [6.07, 6.45) is 10.8. The number of nitrogens with zero attached hydrogens (tertiary/aromatic N) is 1. The normalized spacial score (nSPS) is 53.9. The maximum Gasteiger partial charge on any atom is 0.246 e. The van der Waals surface area contributed by atoms with Crippen LogP contribution in [0, 0.1) is 28.6 Å². The number of fused-ring (bicyclic) bond motifs is 5. The van der Waals surface area contributed by atoms with Crippen LogP contribution < -0.4 is 0 Å². The highest BCUT2D eigenvalue weighted by Crippen LogP contribution is 2.63. The molecule has 4 aliphatic rings. The first-order valence-electron chi connectivity index (χ1n) is 9.02. The lowest BCUT2D eigenvalue weighted by molar-refractivity contribution is -0.140. The van der Waals surface area contributed by atoms with Crippen LogP contribution in [0.1, 0.15) is 52.4 Å². The summed E-state index contributed by atoms with van der Waals surface area (Å²) in [6, 6.07) is 0.363. The van der Waals surface area contributed by atoms with Gasteiger partial charge in [0.2, 0.25) is 5.91 Å². The lowest BCUT2D eigenvalue weighted by atomic mass is 9.48. The van der Waals surface area contributed by atoms with Gasteiger partial charge in [-0.2, -0.15) is 0 Å². The zero-order valence-corrected chi connectivity index (χ0v) is 14.1. The Morgan fingerprint density at radius 2 is 1.91 bits per heavy atom. The minimum absolute atomic E-state index is 0.102. The number of carbonyl (C=O) groups is 1. The topological polar surface area (TPSA) is 40.5 Å². The molecule has 0 saturated heterocycles. The number of amides is 1. The van der Waals surface area contributed by atoms with Gasteiger partial charge < -0.3 is 10.0 Å². The van der Waals surface area contributed by atoms with E-state index in [-0.39, 0.29) is 22.8 Å². The predicted octanol–water partition coefficient (Wildman–Crippen LogP) is 2.99. The molecule has 4 unspecified atom stereocenters. The van der Waals surface area contributed by atoms with Gasteiger partial charge in [-0.15, -0.1) is 0 Å². The third-order valence-electron chi connectivity index (χ3n) is 8.08. The van der Waals surface area contributed by atoms with Gasteiger partial charge in [0.05, 0.1) is 6.10 Å². The van der Waals surface area contributed by atoms with Crippen LogP contribution in [0.2, 0.25) is 0 Å². The lowest BCUT2D eigenvalue weighted by Crippen LogP contribution is -2.59. The molecule has 3 fully saturated rings. The van der Waals surface area contributed by atoms with Crippen molar-refractivity contribution in [3.05, 3.63) is 12.2 Å². The van der Waals surface area contributed by atoms with Crippen molar-refractivity contribution >= 4 is 5.91 Å². The monoisotopic (exact) mass is 303 g/mol. The summed E-state index contributed by atoms with van der Waals surface area (Å²) in [4.78, 5) is 14.0. The van der Waals surface area contributed by atoms with Crippen LogP contribution >= 0.6 is 0 Å². The molecule has 122 valence electrons. The Labute approximate surface area is 133 Å². The summed E-state index contributed by atoms with van der Waals surface area (Å²) in [7, 11) is 1.97. The minimum Gasteiger partial charge on any atom is -0.393 e. The van der Waals surface area contributed by atoms with Crippen LogP contribution in [0.5, 0.6) is 0 Å². The van der Waals surface area contributed by atoms with E-state index in [1.54, 1.807) is 6.08 Å². The van der Waals surface area contributed by atoms with Gasteiger partial charge in [0, 0.05) is 18.5 Å². The van der Waals surface area contributed by atoms with E-state index in [1.807, 2.05) is 11.9 Å². The Bertz CT molecular complexity index is 530. The molecule has 1 heterocycles. The Hall–Kier alpha value is -0.830. The minimum atomic E-state index is -0.102. The average molecular weight is 303 g/mol. The van der Waals surface area contributed by atoms with Gasteiger partial charge in [-0.25, -0.2) is 0 Å². The van der Waals surface area contributed by atoms with Crippen molar-refractivity contribution in [2.24, 2.45) is 28.6 Å². The number of likely N-dealkylation sites (N-methyl/N-ethyl adjacent to an activating group) is 1. The number of rotatable bonds is 0. The van der Waals surface area contributed by atoms with Crippen molar-refractivity contribution in [3.8, 4) is 0 Å². The fraction of sp³-hybridized carbons (Fsp3) is 0.842. The number of aliphatic hydroxyl groups is 1. The highest BCUT2D eigenvalue weighted by atomic mass is 16.3. The Balaban J connectivity index is 1.70. The SMILES string of the molecule is CN1C(=O)C=C[C@]2(C)C3CC[C@@]4(C)C(CC[C@@H]4O)C3CCC12. The molecule has 1 amide bonds. The van der Waals surface area contributed by atoms with E-state index in [4.69, 9.17) is 0 Å². The summed E-state index contributed by atoms with van der Waals surface area (Å²) in [6.45, 7) is 4.70. The Morgan fingerprint density at radius 1 is 1.14 bits per heavy atom. The molecule has 3 heteroatoms. The van der Waals surface area contributed by atoms with Crippen LogP contribution in [0.4, 0.5) is 0 Å². The maximum atomic E-state index is 12.0. The molecule has 0 radical (unpaired) electrons. The van der Waals surface area contributed by atoms with Crippen molar-refractivity contribution in [2.75, 3.05) is 7.05 Å². The van der Waals surface area contributed by atoms with Gasteiger partial charge in [0.1, 0.15) is 0 Å². The molecule has 0 aromatic rings. The van der Waals surface area contributed by atoms with E-state index < -0.39 is 0 Å². The molecule has 7 atom stereocenters. The summed E-state index contributed by atoms with van der Waals surface area (Å²) in [5, 5.41) is 10.5. The van der Waals surface area contributed by atoms with E-state index in [0.717, 1.165) is 25.2 Å². The molecule has 0 aromatic carbocycles. The molecule has 1 N–H and O–H groups in total. The molecule has 1 aliphatic heterocycles. The van der Waals surface area contributed by atoms with Gasteiger partial charge >= 0.3 is 0 Å². The highest BCUT2D eigenvalue weighted by Gasteiger charge is 2.60. The lowest BCUT2D eigenvalue weighted by Gasteiger charge is -2.60. The molecule has 4 rings (SSSR count). The molecule has 0 bridgehead atoms. The van der Waals surface area contributed by atoms with Gasteiger partial charge in [-0.05, 0) is 67.8 Å². The molecule has 3 saturated carbocycles. The Kier molecular flexibility index (Phi) is 3.08. The van der Waals surface area contributed by atoms with E-state index in [1.165, 1.54) is 19.3 Å². The quantitative estimate of drug-likeness (QED) is 0.747. The second-order valence-corrected chi connectivity index (χ2v) is 8.76. The van der Waals surface area contributed by atoms with Crippen LogP contribution in [-0.2, 0) is 4.79 Å². The Morgan fingerprint density at radius 3 is 2.68 bits per heavy atom. The predicted molar refractivity (Wildman–Crippen MR) is 86.1 cm³/mol. The largest absolute Gasteiger partial charge is 0.393 e. The molecule has 3 aliphatic carbocycles. The van der Waals surface area contributed by atoms with Crippen molar-refractivity contribution in [2.45, 2.75) is 64.5 Å². The number of hydrogen-bond donors (Lipinski definition) is 1. The van der Waals surface area contributed by atoms with Gasteiger partial charge in [-0.3, -0.25) is 4.79 Å². The zero-order chi connectivity index (χ0) is 15.7. The van der Waals surface area contributed by atoms with E-state index in [0.29, 0.717) is 17.9 Å². The molecule has 22 heavy (non-hydrogen) atoms. The molecule has 3 nitrogen and oxygen atoms in total. The first kappa shape index (κ1) is 14.7. The molecular weight excluding hydrogens is 274 g/mol. The van der Waals surface area contributed by atoms with E-state index >= 15 is 0 Å². The standard InChI is InChI=1S/C19H29NO2/c1-18-11-9-17(22)20(3)15(18)6-4-12-13-5-7-16(21)19(13,2)10-8-14(12)18/h9,11-16,21H,4-8,10H2,1-3H3/t12?,13?,14?,15?,16-,18+,19-/m0/s1. The first-order valence-corrected chi connectivity index (χ1v) is 9.02. The second kappa shape index (κ2) is 4.59. The van der Waals surface area contributed by atoms with Crippen molar-refractivity contribution < 1.29 is 9.90 Å². The molecule has 0 aromatic heterocycles. The highest BCUT2D eigenvalue weighted by molar-refractivity contribution is 5.89. The zero-order valence-electron chi connectivity index (χ0n) is 14.1. The number of carbonyl (C=O) groups excluding carboxylic acids is 1. The van der Waals surface area contributed by atoms with Gasteiger partial charge in [0.25, 0.3) is 0 Å². The van der Waals surface area contributed by atoms with Crippen LogP contribution in [0.25, 0.3) is 0 Å². The second-order valence-electron chi connectivity index (χ2n) is 8.76. The summed E-state index contributed by atoms with van der Waals surface area (Å²) >= 11 is 0. The summed E-state index contributed by atoms with van der Waals surface area (Å²) in [5.41, 5.74) is 0.269. The maximum absolute atomic E-state index is 12.0. The van der Waals surface area contributed by atoms with Crippen molar-refractivity contribution in [1.29, 1.82) is 0 Å². The van der Waals surface area contributed by atoms with E-state index in [2.05, 4.69) is 19.9 Å². The van der Waals surface area contributed by atoms with Gasteiger partial charge in [0.15, 0.2) is 0 Å². The van der Waals surface area contributed by atoms with Crippen molar-refractivity contribution in [1.82, 2.24) is 4.90 Å². The van der Waals surface area contributed by atoms with Crippen molar-refractivity contribution in [3.63, 3.8) is 0 Å².